The summed E-state index contributed by atoms with van der Waals surface area (Å²) in [5.74, 6) is 0.251. The largest absolute Gasteiger partial charge is 0.398 e. The number of anilines is 1. The van der Waals surface area contributed by atoms with E-state index in [0.29, 0.717) is 30.4 Å². The highest BCUT2D eigenvalue weighted by Gasteiger charge is 2.24. The third-order valence-corrected chi connectivity index (χ3v) is 3.41. The van der Waals surface area contributed by atoms with Gasteiger partial charge in [0.1, 0.15) is 0 Å². The van der Waals surface area contributed by atoms with E-state index in [-0.39, 0.29) is 11.9 Å². The lowest BCUT2D eigenvalue weighted by Crippen LogP contribution is -2.44. The molecule has 98 valence electrons. The predicted octanol–water partition coefficient (Wildman–Crippen LogP) is 1.73. The summed E-state index contributed by atoms with van der Waals surface area (Å²) in [5.41, 5.74) is 8.02. The Morgan fingerprint density at radius 1 is 1.50 bits per heavy atom. The van der Waals surface area contributed by atoms with Gasteiger partial charge in [0, 0.05) is 18.3 Å². The molecule has 4 nitrogen and oxygen atoms in total. The van der Waals surface area contributed by atoms with Crippen LogP contribution in [0.5, 0.6) is 0 Å². The third kappa shape index (κ3) is 2.82. The van der Waals surface area contributed by atoms with Gasteiger partial charge in [-0.1, -0.05) is 13.0 Å². The SMILES string of the molecule is Cc1ccc(C(=O)NC2CCOCC2C)c(N)c1. The monoisotopic (exact) mass is 248 g/mol. The number of ether oxygens (including phenoxy) is 1. The first-order valence-corrected chi connectivity index (χ1v) is 6.32. The second-order valence-corrected chi connectivity index (χ2v) is 5.01. The molecule has 0 radical (unpaired) electrons. The van der Waals surface area contributed by atoms with E-state index in [0.717, 1.165) is 12.0 Å². The summed E-state index contributed by atoms with van der Waals surface area (Å²) in [6, 6.07) is 5.68. The van der Waals surface area contributed by atoms with Gasteiger partial charge in [-0.05, 0) is 37.0 Å². The van der Waals surface area contributed by atoms with Crippen LogP contribution in [0.2, 0.25) is 0 Å². The molecule has 0 aliphatic carbocycles. The van der Waals surface area contributed by atoms with Gasteiger partial charge in [0.25, 0.3) is 5.91 Å². The van der Waals surface area contributed by atoms with Gasteiger partial charge in [-0.2, -0.15) is 0 Å². The molecule has 1 fully saturated rings. The normalized spacial score (nSPS) is 23.7. The number of rotatable bonds is 2. The Kier molecular flexibility index (Phi) is 3.87. The first-order valence-electron chi connectivity index (χ1n) is 6.32. The minimum atomic E-state index is -0.0914. The Morgan fingerprint density at radius 3 is 2.94 bits per heavy atom. The van der Waals surface area contributed by atoms with Crippen molar-refractivity contribution in [2.24, 2.45) is 5.92 Å². The number of amides is 1. The maximum atomic E-state index is 12.2. The van der Waals surface area contributed by atoms with Crippen molar-refractivity contribution in [3.05, 3.63) is 29.3 Å². The van der Waals surface area contributed by atoms with E-state index in [9.17, 15) is 4.79 Å². The van der Waals surface area contributed by atoms with Gasteiger partial charge < -0.3 is 15.8 Å². The average molecular weight is 248 g/mol. The molecule has 1 aromatic carbocycles. The van der Waals surface area contributed by atoms with Crippen LogP contribution in [0.3, 0.4) is 0 Å². The number of aryl methyl sites for hydroxylation is 1. The van der Waals surface area contributed by atoms with Crippen LogP contribution in [0.25, 0.3) is 0 Å². The third-order valence-electron chi connectivity index (χ3n) is 3.41. The molecular weight excluding hydrogens is 228 g/mol. The van der Waals surface area contributed by atoms with Crippen LogP contribution in [0.4, 0.5) is 5.69 Å². The van der Waals surface area contributed by atoms with Crippen LogP contribution < -0.4 is 11.1 Å². The number of benzene rings is 1. The predicted molar refractivity (Wildman–Crippen MR) is 71.4 cm³/mol. The molecule has 2 rings (SSSR count). The van der Waals surface area contributed by atoms with Crippen LogP contribution in [0.1, 0.15) is 29.3 Å². The molecule has 4 heteroatoms. The molecule has 2 unspecified atom stereocenters. The van der Waals surface area contributed by atoms with Gasteiger partial charge in [-0.3, -0.25) is 4.79 Å². The van der Waals surface area contributed by atoms with Crippen molar-refractivity contribution in [3.63, 3.8) is 0 Å². The summed E-state index contributed by atoms with van der Waals surface area (Å²) >= 11 is 0. The second kappa shape index (κ2) is 5.40. The quantitative estimate of drug-likeness (QED) is 0.783. The Morgan fingerprint density at radius 2 is 2.28 bits per heavy atom. The first-order chi connectivity index (χ1) is 8.58. The topological polar surface area (TPSA) is 64.3 Å². The number of nitrogen functional groups attached to an aromatic ring is 1. The van der Waals surface area contributed by atoms with Crippen LogP contribution in [0.15, 0.2) is 18.2 Å². The molecule has 0 bridgehead atoms. The second-order valence-electron chi connectivity index (χ2n) is 5.01. The van der Waals surface area contributed by atoms with Gasteiger partial charge in [0.2, 0.25) is 0 Å². The van der Waals surface area contributed by atoms with Crippen LogP contribution in [0, 0.1) is 12.8 Å². The smallest absolute Gasteiger partial charge is 0.253 e. The molecule has 3 N–H and O–H groups in total. The summed E-state index contributed by atoms with van der Waals surface area (Å²) in [5, 5.41) is 3.05. The maximum Gasteiger partial charge on any atom is 0.253 e. The summed E-state index contributed by atoms with van der Waals surface area (Å²) in [6.45, 7) is 5.45. The van der Waals surface area contributed by atoms with Gasteiger partial charge in [0.05, 0.1) is 12.2 Å². The van der Waals surface area contributed by atoms with Gasteiger partial charge >= 0.3 is 0 Å². The lowest BCUT2D eigenvalue weighted by atomic mass is 9.97. The molecule has 2 atom stereocenters. The molecule has 1 aliphatic rings. The van der Waals surface area contributed by atoms with E-state index in [1.165, 1.54) is 0 Å². The van der Waals surface area contributed by atoms with Crippen LogP contribution >= 0.6 is 0 Å². The summed E-state index contributed by atoms with van der Waals surface area (Å²) in [6.07, 6.45) is 0.860. The summed E-state index contributed by atoms with van der Waals surface area (Å²) < 4.78 is 5.36. The standard InChI is InChI=1S/C14H20N2O2/c1-9-3-4-11(12(15)7-9)14(17)16-13-5-6-18-8-10(13)2/h3-4,7,10,13H,5-6,8,15H2,1-2H3,(H,16,17). The van der Waals surface area contributed by atoms with Gasteiger partial charge in [-0.15, -0.1) is 0 Å². The molecule has 1 aliphatic heterocycles. The highest BCUT2D eigenvalue weighted by atomic mass is 16.5. The Labute approximate surface area is 108 Å². The molecule has 0 saturated carbocycles. The fourth-order valence-electron chi connectivity index (χ4n) is 2.23. The van der Waals surface area contributed by atoms with Crippen molar-refractivity contribution in [3.8, 4) is 0 Å². The van der Waals surface area contributed by atoms with E-state index in [1.807, 2.05) is 19.1 Å². The van der Waals surface area contributed by atoms with Crippen molar-refractivity contribution < 1.29 is 9.53 Å². The van der Waals surface area contributed by atoms with Crippen LogP contribution in [-0.4, -0.2) is 25.2 Å². The van der Waals surface area contributed by atoms with Crippen molar-refractivity contribution >= 4 is 11.6 Å². The zero-order valence-electron chi connectivity index (χ0n) is 10.9. The highest BCUT2D eigenvalue weighted by Crippen LogP contribution is 2.17. The zero-order chi connectivity index (χ0) is 13.1. The minimum absolute atomic E-state index is 0.0914. The average Bonchev–Trinajstić information content (AvgIpc) is 2.32. The van der Waals surface area contributed by atoms with Crippen molar-refractivity contribution in [2.45, 2.75) is 26.3 Å². The Bertz CT molecular complexity index is 445. The Hall–Kier alpha value is -1.55. The number of hydrogen-bond donors (Lipinski definition) is 2. The number of carbonyl (C=O) groups is 1. The summed E-state index contributed by atoms with van der Waals surface area (Å²) in [7, 11) is 0. The fraction of sp³-hybridized carbons (Fsp3) is 0.500. The van der Waals surface area contributed by atoms with Crippen molar-refractivity contribution in [2.75, 3.05) is 18.9 Å². The number of hydrogen-bond acceptors (Lipinski definition) is 3. The molecular formula is C14H20N2O2. The lowest BCUT2D eigenvalue weighted by molar-refractivity contribution is 0.0375. The van der Waals surface area contributed by atoms with Crippen molar-refractivity contribution in [1.29, 1.82) is 0 Å². The number of nitrogens with one attached hydrogen (secondary N) is 1. The molecule has 0 spiro atoms. The number of nitrogens with two attached hydrogens (primary N) is 1. The van der Waals surface area contributed by atoms with Gasteiger partial charge in [-0.25, -0.2) is 0 Å². The molecule has 1 saturated heterocycles. The minimum Gasteiger partial charge on any atom is -0.398 e. The van der Waals surface area contributed by atoms with Crippen molar-refractivity contribution in [1.82, 2.24) is 5.32 Å². The van der Waals surface area contributed by atoms with E-state index < -0.39 is 0 Å². The highest BCUT2D eigenvalue weighted by molar-refractivity contribution is 5.99. The van der Waals surface area contributed by atoms with E-state index in [1.54, 1.807) is 6.07 Å². The molecule has 0 aromatic heterocycles. The van der Waals surface area contributed by atoms with E-state index in [4.69, 9.17) is 10.5 Å². The van der Waals surface area contributed by atoms with E-state index >= 15 is 0 Å². The van der Waals surface area contributed by atoms with Gasteiger partial charge in [0.15, 0.2) is 0 Å². The molecule has 1 amide bonds. The fourth-order valence-corrected chi connectivity index (χ4v) is 2.23. The number of carbonyl (C=O) groups excluding carboxylic acids is 1. The summed E-state index contributed by atoms with van der Waals surface area (Å²) in [4.78, 5) is 12.2. The first kappa shape index (κ1) is 12.9. The molecule has 1 aromatic rings. The molecule has 18 heavy (non-hydrogen) atoms. The lowest BCUT2D eigenvalue weighted by Gasteiger charge is -2.29. The van der Waals surface area contributed by atoms with Crippen LogP contribution in [-0.2, 0) is 4.74 Å². The Balaban J connectivity index is 2.07. The zero-order valence-corrected chi connectivity index (χ0v) is 10.9. The maximum absolute atomic E-state index is 12.2. The molecule has 1 heterocycles. The van der Waals surface area contributed by atoms with E-state index in [2.05, 4.69) is 12.2 Å².